The van der Waals surface area contributed by atoms with Gasteiger partial charge in [0.25, 0.3) is 5.91 Å². The molecular formula is C15H20BrNO3. The van der Waals surface area contributed by atoms with Crippen LogP contribution in [0.15, 0.2) is 22.7 Å². The summed E-state index contributed by atoms with van der Waals surface area (Å²) in [6, 6.07) is 5.65. The van der Waals surface area contributed by atoms with Gasteiger partial charge in [0.05, 0.1) is 12.7 Å². The largest absolute Gasteiger partial charge is 0.469 e. The Morgan fingerprint density at radius 2 is 2.00 bits per heavy atom. The van der Waals surface area contributed by atoms with Crippen LogP contribution in [0.5, 0.6) is 0 Å². The zero-order valence-electron chi connectivity index (χ0n) is 11.9. The molecule has 20 heavy (non-hydrogen) atoms. The maximum atomic E-state index is 11.9. The van der Waals surface area contributed by atoms with Crippen molar-refractivity contribution in [2.75, 3.05) is 13.7 Å². The normalized spacial score (nSPS) is 10.2. The summed E-state index contributed by atoms with van der Waals surface area (Å²) in [4.78, 5) is 22.9. The molecule has 0 bridgehead atoms. The molecule has 1 rings (SSSR count). The molecule has 0 aromatic heterocycles. The standard InChI is InChI=1S/C15H20BrNO3/c1-11-7-8-12(13(16)10-11)15(19)17-9-5-3-4-6-14(18)20-2/h7-8,10H,3-6,9H2,1-2H3,(H,17,19). The van der Waals surface area contributed by atoms with Crippen LogP contribution >= 0.6 is 15.9 Å². The van der Waals surface area contributed by atoms with Crippen molar-refractivity contribution in [3.05, 3.63) is 33.8 Å². The predicted molar refractivity (Wildman–Crippen MR) is 81.7 cm³/mol. The number of carbonyl (C=O) groups is 2. The zero-order chi connectivity index (χ0) is 15.0. The molecule has 0 unspecified atom stereocenters. The minimum atomic E-state index is -0.183. The first kappa shape index (κ1) is 16.7. The molecule has 1 amide bonds. The van der Waals surface area contributed by atoms with Gasteiger partial charge in [0, 0.05) is 17.4 Å². The molecule has 1 aromatic carbocycles. The van der Waals surface area contributed by atoms with Crippen LogP contribution < -0.4 is 5.32 Å². The average molecular weight is 342 g/mol. The number of methoxy groups -OCH3 is 1. The van der Waals surface area contributed by atoms with Crippen molar-refractivity contribution >= 4 is 27.8 Å². The highest BCUT2D eigenvalue weighted by molar-refractivity contribution is 9.10. The molecule has 110 valence electrons. The van der Waals surface area contributed by atoms with Gasteiger partial charge < -0.3 is 10.1 Å². The third kappa shape index (κ3) is 5.74. The lowest BCUT2D eigenvalue weighted by Gasteiger charge is -2.07. The third-order valence-corrected chi connectivity index (χ3v) is 3.60. The maximum absolute atomic E-state index is 11.9. The van der Waals surface area contributed by atoms with E-state index in [2.05, 4.69) is 26.0 Å². The fourth-order valence-electron chi connectivity index (χ4n) is 1.77. The average Bonchev–Trinajstić information content (AvgIpc) is 2.42. The lowest BCUT2D eigenvalue weighted by atomic mass is 10.1. The predicted octanol–water partition coefficient (Wildman–Crippen LogP) is 3.22. The first-order valence-electron chi connectivity index (χ1n) is 6.65. The quantitative estimate of drug-likeness (QED) is 0.611. The number of unbranched alkanes of at least 4 members (excludes halogenated alkanes) is 2. The number of amides is 1. The van der Waals surface area contributed by atoms with E-state index in [1.165, 1.54) is 7.11 Å². The van der Waals surface area contributed by atoms with Gasteiger partial charge in [0.2, 0.25) is 0 Å². The summed E-state index contributed by atoms with van der Waals surface area (Å²) in [5, 5.41) is 2.88. The highest BCUT2D eigenvalue weighted by atomic mass is 79.9. The Morgan fingerprint density at radius 1 is 1.25 bits per heavy atom. The van der Waals surface area contributed by atoms with Crippen LogP contribution in [-0.4, -0.2) is 25.5 Å². The smallest absolute Gasteiger partial charge is 0.305 e. The molecule has 0 atom stereocenters. The molecule has 5 heteroatoms. The van der Waals surface area contributed by atoms with Gasteiger partial charge >= 0.3 is 5.97 Å². The van der Waals surface area contributed by atoms with E-state index in [1.54, 1.807) is 0 Å². The lowest BCUT2D eigenvalue weighted by molar-refractivity contribution is -0.140. The summed E-state index contributed by atoms with van der Waals surface area (Å²) in [5.74, 6) is -0.262. The second-order valence-electron chi connectivity index (χ2n) is 4.63. The number of ether oxygens (including phenoxy) is 1. The number of nitrogens with one attached hydrogen (secondary N) is 1. The maximum Gasteiger partial charge on any atom is 0.305 e. The van der Waals surface area contributed by atoms with Gasteiger partial charge in [0.15, 0.2) is 0 Å². The van der Waals surface area contributed by atoms with E-state index < -0.39 is 0 Å². The second kappa shape index (κ2) is 8.74. The molecular weight excluding hydrogens is 322 g/mol. The van der Waals surface area contributed by atoms with Crippen molar-refractivity contribution < 1.29 is 14.3 Å². The van der Waals surface area contributed by atoms with E-state index in [0.29, 0.717) is 18.5 Å². The molecule has 1 N–H and O–H groups in total. The van der Waals surface area contributed by atoms with Crippen LogP contribution in [0.25, 0.3) is 0 Å². The Bertz CT molecular complexity index is 474. The summed E-state index contributed by atoms with van der Waals surface area (Å²) in [5.41, 5.74) is 1.75. The summed E-state index contributed by atoms with van der Waals surface area (Å²) in [6.45, 7) is 2.59. The van der Waals surface area contributed by atoms with Crippen molar-refractivity contribution in [1.82, 2.24) is 5.32 Å². The molecule has 4 nitrogen and oxygen atoms in total. The number of halogens is 1. The number of rotatable bonds is 7. The molecule has 1 aromatic rings. The molecule has 0 saturated carbocycles. The number of hydrogen-bond donors (Lipinski definition) is 1. The fraction of sp³-hybridized carbons (Fsp3) is 0.467. The van der Waals surface area contributed by atoms with Crippen molar-refractivity contribution in [2.24, 2.45) is 0 Å². The van der Waals surface area contributed by atoms with Gasteiger partial charge in [-0.25, -0.2) is 0 Å². The minimum Gasteiger partial charge on any atom is -0.469 e. The first-order valence-corrected chi connectivity index (χ1v) is 7.45. The minimum absolute atomic E-state index is 0.0788. The SMILES string of the molecule is COC(=O)CCCCCNC(=O)c1ccc(C)cc1Br. The lowest BCUT2D eigenvalue weighted by Crippen LogP contribution is -2.24. The van der Waals surface area contributed by atoms with Crippen LogP contribution in [0.3, 0.4) is 0 Å². The van der Waals surface area contributed by atoms with Gasteiger partial charge in [-0.05, 0) is 53.4 Å². The van der Waals surface area contributed by atoms with Crippen LogP contribution in [0, 0.1) is 6.92 Å². The van der Waals surface area contributed by atoms with E-state index in [1.807, 2.05) is 25.1 Å². The van der Waals surface area contributed by atoms with Crippen molar-refractivity contribution in [3.8, 4) is 0 Å². The molecule has 0 spiro atoms. The summed E-state index contributed by atoms with van der Waals surface area (Å²) < 4.78 is 5.37. The van der Waals surface area contributed by atoms with Crippen molar-refractivity contribution in [1.29, 1.82) is 0 Å². The first-order chi connectivity index (χ1) is 9.54. The Morgan fingerprint density at radius 3 is 2.65 bits per heavy atom. The van der Waals surface area contributed by atoms with E-state index in [0.717, 1.165) is 29.3 Å². The number of esters is 1. The molecule has 0 radical (unpaired) electrons. The molecule has 0 aliphatic heterocycles. The Balaban J connectivity index is 2.25. The van der Waals surface area contributed by atoms with Gasteiger partial charge in [-0.2, -0.15) is 0 Å². The van der Waals surface area contributed by atoms with E-state index in [-0.39, 0.29) is 11.9 Å². The van der Waals surface area contributed by atoms with Gasteiger partial charge in [-0.3, -0.25) is 9.59 Å². The van der Waals surface area contributed by atoms with Crippen LogP contribution in [-0.2, 0) is 9.53 Å². The third-order valence-electron chi connectivity index (χ3n) is 2.94. The molecule has 0 aliphatic rings. The Hall–Kier alpha value is -1.36. The van der Waals surface area contributed by atoms with Crippen LogP contribution in [0.2, 0.25) is 0 Å². The molecule has 0 aliphatic carbocycles. The number of carbonyl (C=O) groups excluding carboxylic acids is 2. The van der Waals surface area contributed by atoms with Crippen LogP contribution in [0.1, 0.15) is 41.6 Å². The molecule has 0 heterocycles. The number of hydrogen-bond acceptors (Lipinski definition) is 3. The molecule has 0 saturated heterocycles. The van der Waals surface area contributed by atoms with E-state index in [9.17, 15) is 9.59 Å². The van der Waals surface area contributed by atoms with E-state index in [4.69, 9.17) is 0 Å². The van der Waals surface area contributed by atoms with Crippen molar-refractivity contribution in [2.45, 2.75) is 32.6 Å². The highest BCUT2D eigenvalue weighted by Gasteiger charge is 2.09. The summed E-state index contributed by atoms with van der Waals surface area (Å²) in [7, 11) is 1.39. The van der Waals surface area contributed by atoms with E-state index >= 15 is 0 Å². The summed E-state index contributed by atoms with van der Waals surface area (Å²) >= 11 is 3.39. The van der Waals surface area contributed by atoms with Gasteiger partial charge in [-0.1, -0.05) is 12.5 Å². The zero-order valence-corrected chi connectivity index (χ0v) is 13.5. The van der Waals surface area contributed by atoms with Crippen LogP contribution in [0.4, 0.5) is 0 Å². The second-order valence-corrected chi connectivity index (χ2v) is 5.48. The Kier molecular flexibility index (Phi) is 7.30. The van der Waals surface area contributed by atoms with Crippen molar-refractivity contribution in [3.63, 3.8) is 0 Å². The number of benzene rings is 1. The number of aryl methyl sites for hydroxylation is 1. The van der Waals surface area contributed by atoms with Gasteiger partial charge in [0.1, 0.15) is 0 Å². The van der Waals surface area contributed by atoms with Gasteiger partial charge in [-0.15, -0.1) is 0 Å². The summed E-state index contributed by atoms with van der Waals surface area (Å²) in [6.07, 6.45) is 2.97. The topological polar surface area (TPSA) is 55.4 Å². The molecule has 0 fully saturated rings. The Labute approximate surface area is 128 Å². The fourth-order valence-corrected chi connectivity index (χ4v) is 2.45. The monoisotopic (exact) mass is 341 g/mol. The highest BCUT2D eigenvalue weighted by Crippen LogP contribution is 2.18.